The number of nitrogens with one attached hydrogen (secondary N) is 1. The summed E-state index contributed by atoms with van der Waals surface area (Å²) < 4.78 is 0. The molecule has 2 amide bonds. The molecule has 3 heteroatoms. The Morgan fingerprint density at radius 1 is 1.36 bits per heavy atom. The average Bonchev–Trinajstić information content (AvgIpc) is 1.80. The molecule has 66 valence electrons. The van der Waals surface area contributed by atoms with Gasteiger partial charge in [0.15, 0.2) is 0 Å². The van der Waals surface area contributed by atoms with Gasteiger partial charge in [-0.15, -0.1) is 0 Å². The van der Waals surface area contributed by atoms with Gasteiger partial charge in [0.2, 0.25) is 0 Å². The second-order valence-corrected chi connectivity index (χ2v) is 4.11. The topological polar surface area (TPSA) is 32.3 Å². The van der Waals surface area contributed by atoms with Crippen molar-refractivity contribution in [3.05, 3.63) is 0 Å². The monoisotopic (exact) mass is 158 g/mol. The summed E-state index contributed by atoms with van der Waals surface area (Å²) in [6, 6.07) is -0.0278. The number of rotatable bonds is 1. The summed E-state index contributed by atoms with van der Waals surface area (Å²) in [7, 11) is 3.47. The van der Waals surface area contributed by atoms with E-state index >= 15 is 0 Å². The summed E-state index contributed by atoms with van der Waals surface area (Å²) in [5, 5.41) is 2.81. The first kappa shape index (κ1) is 10.3. The van der Waals surface area contributed by atoms with E-state index in [1.165, 1.54) is 4.90 Å². The molecule has 0 saturated heterocycles. The number of carbonyl (C=O) groups is 1. The summed E-state index contributed by atoms with van der Waals surface area (Å²) in [6.45, 7) is 6.97. The molecule has 0 heterocycles. The van der Waals surface area contributed by atoms with Crippen LogP contribution < -0.4 is 5.32 Å². The Morgan fingerprint density at radius 3 is 2.09 bits per heavy atom. The van der Waals surface area contributed by atoms with Gasteiger partial charge < -0.3 is 10.2 Å². The second-order valence-electron chi connectivity index (χ2n) is 4.11. The van der Waals surface area contributed by atoms with Crippen molar-refractivity contribution < 1.29 is 4.79 Å². The quantitative estimate of drug-likeness (QED) is 0.613. The van der Waals surface area contributed by atoms with Crippen LogP contribution in [0.1, 0.15) is 20.8 Å². The standard InChI is InChI=1S/C8H18N2O/c1-8(2,3)6-9-7(11)10(4)5/h6H2,1-5H3,(H,9,11). The van der Waals surface area contributed by atoms with Crippen LogP contribution in [0.15, 0.2) is 0 Å². The van der Waals surface area contributed by atoms with Crippen LogP contribution >= 0.6 is 0 Å². The van der Waals surface area contributed by atoms with Crippen LogP contribution in [0.5, 0.6) is 0 Å². The molecule has 0 aliphatic carbocycles. The van der Waals surface area contributed by atoms with Crippen LogP contribution in [0.2, 0.25) is 0 Å². The number of nitrogens with zero attached hydrogens (tertiary/aromatic N) is 1. The molecule has 0 bridgehead atoms. The zero-order chi connectivity index (χ0) is 9.07. The maximum atomic E-state index is 11.0. The highest BCUT2D eigenvalue weighted by atomic mass is 16.2. The number of hydrogen-bond acceptors (Lipinski definition) is 1. The van der Waals surface area contributed by atoms with Crippen molar-refractivity contribution >= 4 is 6.03 Å². The Morgan fingerprint density at radius 2 is 1.82 bits per heavy atom. The van der Waals surface area contributed by atoms with Crippen molar-refractivity contribution in [2.45, 2.75) is 20.8 Å². The average molecular weight is 158 g/mol. The van der Waals surface area contributed by atoms with Crippen molar-refractivity contribution in [3.8, 4) is 0 Å². The molecule has 0 aliphatic heterocycles. The highest BCUT2D eigenvalue weighted by Gasteiger charge is 2.11. The third kappa shape index (κ3) is 5.70. The zero-order valence-electron chi connectivity index (χ0n) is 8.06. The lowest BCUT2D eigenvalue weighted by Crippen LogP contribution is -2.39. The Balaban J connectivity index is 3.64. The molecule has 0 saturated carbocycles. The molecule has 0 aliphatic rings. The third-order valence-corrected chi connectivity index (χ3v) is 1.18. The van der Waals surface area contributed by atoms with E-state index in [1.807, 2.05) is 0 Å². The minimum absolute atomic E-state index is 0.0278. The van der Waals surface area contributed by atoms with E-state index in [0.29, 0.717) is 6.54 Å². The summed E-state index contributed by atoms with van der Waals surface area (Å²) in [6.07, 6.45) is 0. The van der Waals surface area contributed by atoms with E-state index in [1.54, 1.807) is 14.1 Å². The van der Waals surface area contributed by atoms with Gasteiger partial charge in [0, 0.05) is 20.6 Å². The molecule has 1 N–H and O–H groups in total. The molecular weight excluding hydrogens is 140 g/mol. The van der Waals surface area contributed by atoms with Gasteiger partial charge in [0.1, 0.15) is 0 Å². The fourth-order valence-electron chi connectivity index (χ4n) is 0.499. The fourth-order valence-corrected chi connectivity index (χ4v) is 0.499. The van der Waals surface area contributed by atoms with Crippen LogP contribution in [-0.2, 0) is 0 Å². The Bertz CT molecular complexity index is 136. The van der Waals surface area contributed by atoms with Gasteiger partial charge in [0.25, 0.3) is 0 Å². The van der Waals surface area contributed by atoms with Gasteiger partial charge in [-0.25, -0.2) is 4.79 Å². The summed E-state index contributed by atoms with van der Waals surface area (Å²) >= 11 is 0. The van der Waals surface area contributed by atoms with E-state index in [-0.39, 0.29) is 11.4 Å². The minimum Gasteiger partial charge on any atom is -0.337 e. The molecule has 11 heavy (non-hydrogen) atoms. The van der Waals surface area contributed by atoms with Gasteiger partial charge in [0.05, 0.1) is 0 Å². The van der Waals surface area contributed by atoms with E-state index < -0.39 is 0 Å². The van der Waals surface area contributed by atoms with Crippen LogP contribution in [0.4, 0.5) is 4.79 Å². The smallest absolute Gasteiger partial charge is 0.316 e. The zero-order valence-corrected chi connectivity index (χ0v) is 8.06. The van der Waals surface area contributed by atoms with Crippen molar-refractivity contribution in [2.24, 2.45) is 5.41 Å². The van der Waals surface area contributed by atoms with E-state index in [0.717, 1.165) is 0 Å². The van der Waals surface area contributed by atoms with Crippen molar-refractivity contribution in [1.82, 2.24) is 10.2 Å². The Hall–Kier alpha value is -0.730. The van der Waals surface area contributed by atoms with E-state index in [2.05, 4.69) is 26.1 Å². The molecule has 3 nitrogen and oxygen atoms in total. The molecule has 0 aromatic rings. The Kier molecular flexibility index (Phi) is 3.36. The number of hydrogen-bond donors (Lipinski definition) is 1. The van der Waals surface area contributed by atoms with Crippen molar-refractivity contribution in [1.29, 1.82) is 0 Å². The van der Waals surface area contributed by atoms with Gasteiger partial charge >= 0.3 is 6.03 Å². The first-order valence-corrected chi connectivity index (χ1v) is 3.78. The first-order chi connectivity index (χ1) is 4.83. The van der Waals surface area contributed by atoms with Gasteiger partial charge in [-0.3, -0.25) is 0 Å². The summed E-state index contributed by atoms with van der Waals surface area (Å²) in [5.41, 5.74) is 0.158. The maximum Gasteiger partial charge on any atom is 0.316 e. The van der Waals surface area contributed by atoms with Crippen LogP contribution in [-0.4, -0.2) is 31.6 Å². The van der Waals surface area contributed by atoms with Crippen LogP contribution in [0, 0.1) is 5.41 Å². The molecular formula is C8H18N2O. The second kappa shape index (κ2) is 3.60. The third-order valence-electron chi connectivity index (χ3n) is 1.18. The lowest BCUT2D eigenvalue weighted by Gasteiger charge is -2.20. The molecule has 0 unspecified atom stereocenters. The molecule has 0 atom stereocenters. The normalized spacial score (nSPS) is 11.0. The molecule has 0 rings (SSSR count). The summed E-state index contributed by atoms with van der Waals surface area (Å²) in [4.78, 5) is 12.5. The van der Waals surface area contributed by atoms with Crippen LogP contribution in [0.25, 0.3) is 0 Å². The lowest BCUT2D eigenvalue weighted by atomic mass is 9.97. The highest BCUT2D eigenvalue weighted by Crippen LogP contribution is 2.09. The van der Waals surface area contributed by atoms with Gasteiger partial charge in [-0.05, 0) is 5.41 Å². The van der Waals surface area contributed by atoms with Crippen molar-refractivity contribution in [3.63, 3.8) is 0 Å². The number of amides is 2. The summed E-state index contributed by atoms with van der Waals surface area (Å²) in [5.74, 6) is 0. The predicted octanol–water partition coefficient (Wildman–Crippen LogP) is 1.30. The fraction of sp³-hybridized carbons (Fsp3) is 0.875. The van der Waals surface area contributed by atoms with E-state index in [9.17, 15) is 4.79 Å². The van der Waals surface area contributed by atoms with Gasteiger partial charge in [-0.1, -0.05) is 20.8 Å². The van der Waals surface area contributed by atoms with Gasteiger partial charge in [-0.2, -0.15) is 0 Å². The number of carbonyl (C=O) groups excluding carboxylic acids is 1. The number of urea groups is 1. The highest BCUT2D eigenvalue weighted by molar-refractivity contribution is 5.73. The lowest BCUT2D eigenvalue weighted by molar-refractivity contribution is 0.212. The first-order valence-electron chi connectivity index (χ1n) is 3.78. The largest absolute Gasteiger partial charge is 0.337 e. The maximum absolute atomic E-state index is 11.0. The molecule has 0 aromatic carbocycles. The minimum atomic E-state index is -0.0278. The van der Waals surface area contributed by atoms with E-state index in [4.69, 9.17) is 0 Å². The molecule has 0 radical (unpaired) electrons. The van der Waals surface area contributed by atoms with Crippen molar-refractivity contribution in [2.75, 3.05) is 20.6 Å². The Labute approximate surface area is 68.8 Å². The predicted molar refractivity (Wildman–Crippen MR) is 46.5 cm³/mol. The van der Waals surface area contributed by atoms with Crippen LogP contribution in [0.3, 0.4) is 0 Å². The molecule has 0 spiro atoms. The molecule has 0 aromatic heterocycles. The molecule has 0 fully saturated rings. The SMILES string of the molecule is CN(C)C(=O)NCC(C)(C)C.